The van der Waals surface area contributed by atoms with Crippen LogP contribution in [0.5, 0.6) is 0 Å². The highest BCUT2D eigenvalue weighted by molar-refractivity contribution is 5.99. The number of ether oxygens (including phenoxy) is 1. The van der Waals surface area contributed by atoms with Crippen LogP contribution in [0.2, 0.25) is 0 Å². The third kappa shape index (κ3) is 4.39. The summed E-state index contributed by atoms with van der Waals surface area (Å²) in [4.78, 5) is 37.2. The molecular formula is C19H25N3O5. The third-order valence-corrected chi connectivity index (χ3v) is 5.26. The number of hydrogen-bond donors (Lipinski definition) is 3. The summed E-state index contributed by atoms with van der Waals surface area (Å²) in [6.07, 6.45) is 3.16. The van der Waals surface area contributed by atoms with Gasteiger partial charge in [0.1, 0.15) is 6.61 Å². The Kier molecular flexibility index (Phi) is 5.95. The number of urea groups is 1. The molecule has 0 aromatic heterocycles. The Labute approximate surface area is 157 Å². The predicted octanol–water partition coefficient (Wildman–Crippen LogP) is 1.99. The number of carbonyl (C=O) groups is 3. The Morgan fingerprint density at radius 1 is 1.22 bits per heavy atom. The van der Waals surface area contributed by atoms with Crippen molar-refractivity contribution < 1.29 is 24.2 Å². The minimum Gasteiger partial charge on any atom is -0.481 e. The van der Waals surface area contributed by atoms with Gasteiger partial charge in [0.05, 0.1) is 5.92 Å². The van der Waals surface area contributed by atoms with Gasteiger partial charge in [0.15, 0.2) is 0 Å². The molecule has 1 aliphatic heterocycles. The van der Waals surface area contributed by atoms with Crippen molar-refractivity contribution in [3.05, 3.63) is 23.8 Å². The monoisotopic (exact) mass is 375 g/mol. The summed E-state index contributed by atoms with van der Waals surface area (Å²) in [5, 5.41) is 14.9. The largest absolute Gasteiger partial charge is 0.481 e. The van der Waals surface area contributed by atoms with E-state index in [1.165, 1.54) is 7.11 Å². The average molecular weight is 375 g/mol. The number of nitrogens with zero attached hydrogens (tertiary/aromatic N) is 1. The van der Waals surface area contributed by atoms with E-state index in [1.807, 2.05) is 18.2 Å². The van der Waals surface area contributed by atoms with Crippen molar-refractivity contribution in [2.75, 3.05) is 30.5 Å². The SMILES string of the molecule is COCC(=O)N1CCc2c(NC(=O)NC3CCC(C(=O)O)CC3)cccc21. The number of carbonyl (C=O) groups excluding carboxylic acids is 2. The van der Waals surface area contributed by atoms with Gasteiger partial charge in [0.25, 0.3) is 5.91 Å². The summed E-state index contributed by atoms with van der Waals surface area (Å²) in [5.74, 6) is -1.17. The van der Waals surface area contributed by atoms with E-state index in [-0.39, 0.29) is 30.5 Å². The summed E-state index contributed by atoms with van der Waals surface area (Å²) >= 11 is 0. The van der Waals surface area contributed by atoms with Gasteiger partial charge in [-0.1, -0.05) is 6.07 Å². The van der Waals surface area contributed by atoms with Gasteiger partial charge < -0.3 is 25.4 Å². The first-order chi connectivity index (χ1) is 13.0. The van der Waals surface area contributed by atoms with Crippen molar-refractivity contribution in [2.24, 2.45) is 5.92 Å². The highest BCUT2D eigenvalue weighted by Gasteiger charge is 2.28. The number of nitrogens with one attached hydrogen (secondary N) is 2. The third-order valence-electron chi connectivity index (χ3n) is 5.26. The van der Waals surface area contributed by atoms with Crippen molar-refractivity contribution in [3.63, 3.8) is 0 Å². The Bertz CT molecular complexity index is 728. The molecule has 1 aliphatic carbocycles. The molecule has 1 fully saturated rings. The Morgan fingerprint density at radius 2 is 1.96 bits per heavy atom. The molecule has 1 saturated carbocycles. The first-order valence-corrected chi connectivity index (χ1v) is 9.21. The average Bonchev–Trinajstić information content (AvgIpc) is 3.07. The Morgan fingerprint density at radius 3 is 2.63 bits per heavy atom. The van der Waals surface area contributed by atoms with Crippen LogP contribution >= 0.6 is 0 Å². The van der Waals surface area contributed by atoms with Crippen LogP contribution in [0.4, 0.5) is 16.2 Å². The van der Waals surface area contributed by atoms with Gasteiger partial charge >= 0.3 is 12.0 Å². The van der Waals surface area contributed by atoms with E-state index < -0.39 is 5.97 Å². The van der Waals surface area contributed by atoms with Gasteiger partial charge in [-0.15, -0.1) is 0 Å². The van der Waals surface area contributed by atoms with E-state index in [9.17, 15) is 14.4 Å². The Balaban J connectivity index is 1.60. The molecule has 0 saturated heterocycles. The quantitative estimate of drug-likeness (QED) is 0.729. The van der Waals surface area contributed by atoms with Crippen LogP contribution in [0.15, 0.2) is 18.2 Å². The lowest BCUT2D eigenvalue weighted by Crippen LogP contribution is -2.41. The number of carboxylic acids is 1. The van der Waals surface area contributed by atoms with E-state index >= 15 is 0 Å². The van der Waals surface area contributed by atoms with Gasteiger partial charge in [-0.25, -0.2) is 4.79 Å². The van der Waals surface area contributed by atoms with Crippen molar-refractivity contribution >= 4 is 29.3 Å². The van der Waals surface area contributed by atoms with E-state index in [0.29, 0.717) is 44.3 Å². The van der Waals surface area contributed by atoms with Crippen LogP contribution in [0.1, 0.15) is 31.2 Å². The molecule has 1 heterocycles. The highest BCUT2D eigenvalue weighted by Crippen LogP contribution is 2.34. The van der Waals surface area contributed by atoms with Crippen LogP contribution < -0.4 is 15.5 Å². The second kappa shape index (κ2) is 8.39. The summed E-state index contributed by atoms with van der Waals surface area (Å²) in [5.41, 5.74) is 2.43. The lowest BCUT2D eigenvalue weighted by atomic mass is 9.86. The molecule has 1 aromatic carbocycles. The molecule has 146 valence electrons. The minimum absolute atomic E-state index is 0.0165. The minimum atomic E-state index is -0.759. The van der Waals surface area contributed by atoms with Crippen molar-refractivity contribution in [1.29, 1.82) is 0 Å². The lowest BCUT2D eigenvalue weighted by Gasteiger charge is -2.27. The molecule has 0 spiro atoms. The molecule has 2 aliphatic rings. The molecule has 0 unspecified atom stereocenters. The number of methoxy groups -OCH3 is 1. The van der Waals surface area contributed by atoms with Crippen LogP contribution in [-0.4, -0.2) is 49.3 Å². The molecular weight excluding hydrogens is 350 g/mol. The molecule has 0 atom stereocenters. The summed E-state index contributed by atoms with van der Waals surface area (Å²) in [7, 11) is 1.49. The van der Waals surface area contributed by atoms with E-state index in [4.69, 9.17) is 9.84 Å². The fraction of sp³-hybridized carbons (Fsp3) is 0.526. The zero-order chi connectivity index (χ0) is 19.4. The maximum atomic E-state index is 12.4. The molecule has 8 heteroatoms. The van der Waals surface area contributed by atoms with Crippen molar-refractivity contribution in [3.8, 4) is 0 Å². The predicted molar refractivity (Wildman–Crippen MR) is 99.9 cm³/mol. The second-order valence-electron chi connectivity index (χ2n) is 7.02. The zero-order valence-electron chi connectivity index (χ0n) is 15.4. The van der Waals surface area contributed by atoms with Crippen LogP contribution in [0.25, 0.3) is 0 Å². The summed E-state index contributed by atoms with van der Waals surface area (Å²) in [6.45, 7) is 0.591. The summed E-state index contributed by atoms with van der Waals surface area (Å²) < 4.78 is 4.93. The number of carboxylic acid groups (broad SMARTS) is 1. The fourth-order valence-corrected chi connectivity index (χ4v) is 3.84. The summed E-state index contributed by atoms with van der Waals surface area (Å²) in [6, 6.07) is 5.18. The van der Waals surface area contributed by atoms with Crippen LogP contribution in [0.3, 0.4) is 0 Å². The smallest absolute Gasteiger partial charge is 0.319 e. The topological polar surface area (TPSA) is 108 Å². The number of aliphatic carboxylic acids is 1. The molecule has 1 aromatic rings. The number of rotatable bonds is 5. The van der Waals surface area contributed by atoms with Gasteiger partial charge in [-0.05, 0) is 44.2 Å². The standard InChI is InChI=1S/C19H25N3O5/c1-27-11-17(23)22-10-9-14-15(3-2-4-16(14)22)21-19(26)20-13-7-5-12(6-8-13)18(24)25/h2-4,12-13H,5-11H2,1H3,(H,24,25)(H2,20,21,26). The molecule has 0 bridgehead atoms. The first kappa shape index (κ1) is 19.2. The normalized spacial score (nSPS) is 21.4. The molecule has 27 heavy (non-hydrogen) atoms. The van der Waals surface area contributed by atoms with E-state index in [2.05, 4.69) is 10.6 Å². The molecule has 8 nitrogen and oxygen atoms in total. The van der Waals surface area contributed by atoms with Gasteiger partial charge in [0.2, 0.25) is 0 Å². The second-order valence-corrected chi connectivity index (χ2v) is 7.02. The van der Waals surface area contributed by atoms with Crippen molar-refractivity contribution in [2.45, 2.75) is 38.1 Å². The maximum absolute atomic E-state index is 12.4. The molecule has 3 amide bonds. The molecule has 3 rings (SSSR count). The number of amides is 3. The molecule has 0 radical (unpaired) electrons. The van der Waals surface area contributed by atoms with Crippen LogP contribution in [-0.2, 0) is 20.7 Å². The maximum Gasteiger partial charge on any atom is 0.319 e. The number of hydrogen-bond acceptors (Lipinski definition) is 4. The molecule has 3 N–H and O–H groups in total. The lowest BCUT2D eigenvalue weighted by molar-refractivity contribution is -0.142. The van der Waals surface area contributed by atoms with Crippen molar-refractivity contribution in [1.82, 2.24) is 5.32 Å². The highest BCUT2D eigenvalue weighted by atomic mass is 16.5. The fourth-order valence-electron chi connectivity index (χ4n) is 3.84. The van der Waals surface area contributed by atoms with Gasteiger partial charge in [-0.2, -0.15) is 0 Å². The Hall–Kier alpha value is -2.61. The van der Waals surface area contributed by atoms with E-state index in [0.717, 1.165) is 11.3 Å². The van der Waals surface area contributed by atoms with Gasteiger partial charge in [-0.3, -0.25) is 9.59 Å². The number of fused-ring (bicyclic) bond motifs is 1. The number of anilines is 2. The van der Waals surface area contributed by atoms with Crippen LogP contribution in [0, 0.1) is 5.92 Å². The first-order valence-electron chi connectivity index (χ1n) is 9.21. The zero-order valence-corrected chi connectivity index (χ0v) is 15.4. The van der Waals surface area contributed by atoms with E-state index in [1.54, 1.807) is 4.90 Å². The van der Waals surface area contributed by atoms with Gasteiger partial charge in [0, 0.05) is 36.6 Å². The number of benzene rings is 1.